The molecule has 0 bridgehead atoms. The summed E-state index contributed by atoms with van der Waals surface area (Å²) in [6.45, 7) is 3.08. The van der Waals surface area contributed by atoms with Gasteiger partial charge in [-0.25, -0.2) is 18.0 Å². The highest BCUT2D eigenvalue weighted by molar-refractivity contribution is 7.91. The van der Waals surface area contributed by atoms with E-state index >= 15 is 0 Å². The quantitative estimate of drug-likeness (QED) is 0.673. The fourth-order valence-corrected chi connectivity index (χ4v) is 2.24. The molecule has 3 N–H and O–H groups in total. The van der Waals surface area contributed by atoms with Crippen molar-refractivity contribution in [3.05, 3.63) is 23.2 Å². The molecule has 8 nitrogen and oxygen atoms in total. The standard InChI is InChI=1S/C12H18N2O6S/c1-3-21(18,19)5-4-13-12(17)14-7-9-6-10(11(15)16)8(2)20-9/h6H,3-5,7H2,1-2H3,(H,15,16)(H2,13,14,17). The Morgan fingerprint density at radius 2 is 2.00 bits per heavy atom. The molecule has 0 saturated carbocycles. The van der Waals surface area contributed by atoms with Gasteiger partial charge in [0.15, 0.2) is 9.84 Å². The molecule has 0 saturated heterocycles. The Hall–Kier alpha value is -2.03. The number of amides is 2. The predicted octanol–water partition coefficient (Wildman–Crippen LogP) is 0.520. The molecule has 0 fully saturated rings. The minimum Gasteiger partial charge on any atom is -0.478 e. The average Bonchev–Trinajstić information content (AvgIpc) is 2.77. The molecule has 0 aliphatic heterocycles. The highest BCUT2D eigenvalue weighted by Gasteiger charge is 2.14. The Balaban J connectivity index is 2.40. The van der Waals surface area contributed by atoms with E-state index in [1.54, 1.807) is 0 Å². The summed E-state index contributed by atoms with van der Waals surface area (Å²) in [5.41, 5.74) is 0.0428. The summed E-state index contributed by atoms with van der Waals surface area (Å²) in [6.07, 6.45) is 0. The molecule has 1 heterocycles. The molecule has 1 aromatic heterocycles. The molecule has 0 unspecified atom stereocenters. The van der Waals surface area contributed by atoms with Crippen molar-refractivity contribution in [2.24, 2.45) is 0 Å². The zero-order valence-electron chi connectivity index (χ0n) is 11.8. The van der Waals surface area contributed by atoms with Crippen molar-refractivity contribution in [1.82, 2.24) is 10.6 Å². The van der Waals surface area contributed by atoms with Crippen molar-refractivity contribution < 1.29 is 27.5 Å². The lowest BCUT2D eigenvalue weighted by Gasteiger charge is -2.06. The molecule has 0 aliphatic rings. The van der Waals surface area contributed by atoms with E-state index in [4.69, 9.17) is 9.52 Å². The first-order chi connectivity index (χ1) is 9.75. The first kappa shape index (κ1) is 17.0. The summed E-state index contributed by atoms with van der Waals surface area (Å²) in [6, 6.07) is 0.784. The number of sulfone groups is 1. The molecular weight excluding hydrogens is 300 g/mol. The van der Waals surface area contributed by atoms with Crippen LogP contribution in [-0.2, 0) is 16.4 Å². The lowest BCUT2D eigenvalue weighted by molar-refractivity contribution is 0.0695. The number of hydrogen-bond acceptors (Lipinski definition) is 5. The van der Waals surface area contributed by atoms with Crippen LogP contribution in [0.4, 0.5) is 4.79 Å². The van der Waals surface area contributed by atoms with Crippen molar-refractivity contribution >= 4 is 21.8 Å². The maximum atomic E-state index is 11.4. The highest BCUT2D eigenvalue weighted by Crippen LogP contribution is 2.14. The number of nitrogens with one attached hydrogen (secondary N) is 2. The lowest BCUT2D eigenvalue weighted by Crippen LogP contribution is -2.37. The van der Waals surface area contributed by atoms with Crippen LogP contribution in [0.25, 0.3) is 0 Å². The topological polar surface area (TPSA) is 126 Å². The number of furan rings is 1. The smallest absolute Gasteiger partial charge is 0.339 e. The highest BCUT2D eigenvalue weighted by atomic mass is 32.2. The summed E-state index contributed by atoms with van der Waals surface area (Å²) in [7, 11) is -3.12. The molecule has 0 aliphatic carbocycles. The Morgan fingerprint density at radius 3 is 2.52 bits per heavy atom. The van der Waals surface area contributed by atoms with Crippen LogP contribution in [0.15, 0.2) is 10.5 Å². The van der Waals surface area contributed by atoms with E-state index in [-0.39, 0.29) is 35.9 Å². The average molecular weight is 318 g/mol. The van der Waals surface area contributed by atoms with E-state index < -0.39 is 21.8 Å². The number of carbonyl (C=O) groups is 2. The molecule has 0 aromatic carbocycles. The number of aromatic carboxylic acids is 1. The molecule has 1 rings (SSSR count). The summed E-state index contributed by atoms with van der Waals surface area (Å²) < 4.78 is 27.6. The largest absolute Gasteiger partial charge is 0.478 e. The van der Waals surface area contributed by atoms with Crippen LogP contribution in [0, 0.1) is 6.92 Å². The van der Waals surface area contributed by atoms with Gasteiger partial charge in [0.05, 0.1) is 12.3 Å². The van der Waals surface area contributed by atoms with Crippen molar-refractivity contribution in [2.75, 3.05) is 18.1 Å². The van der Waals surface area contributed by atoms with Crippen LogP contribution in [0.3, 0.4) is 0 Å². The number of carbonyl (C=O) groups excluding carboxylic acids is 1. The van der Waals surface area contributed by atoms with Crippen molar-refractivity contribution in [2.45, 2.75) is 20.4 Å². The molecule has 2 amide bonds. The van der Waals surface area contributed by atoms with Crippen LogP contribution in [-0.4, -0.2) is 43.6 Å². The van der Waals surface area contributed by atoms with E-state index in [0.29, 0.717) is 5.76 Å². The normalized spacial score (nSPS) is 11.1. The molecule has 0 atom stereocenters. The van der Waals surface area contributed by atoms with Gasteiger partial charge in [-0.1, -0.05) is 6.92 Å². The van der Waals surface area contributed by atoms with E-state index in [1.807, 2.05) is 0 Å². The number of carboxylic acids is 1. The third-order valence-electron chi connectivity index (χ3n) is 2.76. The summed E-state index contributed by atoms with van der Waals surface area (Å²) >= 11 is 0. The van der Waals surface area contributed by atoms with Gasteiger partial charge < -0.3 is 20.2 Å². The second-order valence-electron chi connectivity index (χ2n) is 4.33. The Kier molecular flexibility index (Phi) is 5.77. The lowest BCUT2D eigenvalue weighted by atomic mass is 10.2. The van der Waals surface area contributed by atoms with Crippen LogP contribution in [0.1, 0.15) is 28.8 Å². The maximum Gasteiger partial charge on any atom is 0.339 e. The van der Waals surface area contributed by atoms with E-state index in [2.05, 4.69) is 10.6 Å². The van der Waals surface area contributed by atoms with Gasteiger partial charge in [0.25, 0.3) is 0 Å². The molecule has 9 heteroatoms. The first-order valence-corrected chi connectivity index (χ1v) is 8.12. The van der Waals surface area contributed by atoms with Crippen molar-refractivity contribution in [3.8, 4) is 0 Å². The first-order valence-electron chi connectivity index (χ1n) is 6.30. The van der Waals surface area contributed by atoms with Gasteiger partial charge in [-0.05, 0) is 13.0 Å². The zero-order chi connectivity index (χ0) is 16.0. The Labute approximate surface area is 122 Å². The molecule has 0 radical (unpaired) electrons. The number of urea groups is 1. The van der Waals surface area contributed by atoms with Gasteiger partial charge in [-0.2, -0.15) is 0 Å². The molecule has 0 spiro atoms. The van der Waals surface area contributed by atoms with Crippen LogP contribution in [0.2, 0.25) is 0 Å². The minimum atomic E-state index is -3.12. The molecular formula is C12H18N2O6S. The Bertz CT molecular complexity index is 620. The number of aryl methyl sites for hydroxylation is 1. The molecule has 118 valence electrons. The third-order valence-corrected chi connectivity index (χ3v) is 4.47. The zero-order valence-corrected chi connectivity index (χ0v) is 12.6. The summed E-state index contributed by atoms with van der Waals surface area (Å²) in [5, 5.41) is 13.7. The third kappa shape index (κ3) is 5.46. The monoisotopic (exact) mass is 318 g/mol. The van der Waals surface area contributed by atoms with Crippen molar-refractivity contribution in [3.63, 3.8) is 0 Å². The second kappa shape index (κ2) is 7.11. The van der Waals surface area contributed by atoms with Crippen LogP contribution >= 0.6 is 0 Å². The van der Waals surface area contributed by atoms with Gasteiger partial charge in [0.2, 0.25) is 0 Å². The number of hydrogen-bond donors (Lipinski definition) is 3. The van der Waals surface area contributed by atoms with Crippen LogP contribution < -0.4 is 10.6 Å². The maximum absolute atomic E-state index is 11.4. The fourth-order valence-electron chi connectivity index (χ4n) is 1.54. The van der Waals surface area contributed by atoms with Gasteiger partial charge in [-0.15, -0.1) is 0 Å². The molecule has 1 aromatic rings. The predicted molar refractivity (Wildman–Crippen MR) is 75.0 cm³/mol. The summed E-state index contributed by atoms with van der Waals surface area (Å²) in [4.78, 5) is 22.3. The van der Waals surface area contributed by atoms with E-state index in [1.165, 1.54) is 19.9 Å². The van der Waals surface area contributed by atoms with Crippen molar-refractivity contribution in [1.29, 1.82) is 0 Å². The van der Waals surface area contributed by atoms with Gasteiger partial charge in [0.1, 0.15) is 17.1 Å². The molecule has 21 heavy (non-hydrogen) atoms. The SMILES string of the molecule is CCS(=O)(=O)CCNC(=O)NCc1cc(C(=O)O)c(C)o1. The van der Waals surface area contributed by atoms with Gasteiger partial charge in [-0.3, -0.25) is 0 Å². The van der Waals surface area contributed by atoms with E-state index in [9.17, 15) is 18.0 Å². The number of carboxylic acid groups (broad SMARTS) is 1. The van der Waals surface area contributed by atoms with E-state index in [0.717, 1.165) is 0 Å². The van der Waals surface area contributed by atoms with Gasteiger partial charge in [0, 0.05) is 12.3 Å². The Morgan fingerprint density at radius 1 is 1.33 bits per heavy atom. The van der Waals surface area contributed by atoms with Crippen LogP contribution in [0.5, 0.6) is 0 Å². The summed E-state index contributed by atoms with van der Waals surface area (Å²) in [5.74, 6) is -0.633. The fraction of sp³-hybridized carbons (Fsp3) is 0.500. The second-order valence-corrected chi connectivity index (χ2v) is 6.81. The van der Waals surface area contributed by atoms with Gasteiger partial charge >= 0.3 is 12.0 Å². The minimum absolute atomic E-state index is 0.0135. The number of rotatable bonds is 7.